The van der Waals surface area contributed by atoms with E-state index in [0.717, 1.165) is 5.69 Å². The maximum atomic E-state index is 12.5. The lowest BCUT2D eigenvalue weighted by atomic mass is 10.2. The molecule has 9 nitrogen and oxygen atoms in total. The second kappa shape index (κ2) is 7.17. The van der Waals surface area contributed by atoms with Gasteiger partial charge in [0.15, 0.2) is 5.69 Å². The summed E-state index contributed by atoms with van der Waals surface area (Å²) in [7, 11) is -2.21. The average Bonchev–Trinajstić information content (AvgIpc) is 3.03. The van der Waals surface area contributed by atoms with E-state index < -0.39 is 15.9 Å². The van der Waals surface area contributed by atoms with E-state index in [4.69, 9.17) is 9.88 Å². The summed E-state index contributed by atoms with van der Waals surface area (Å²) < 4.78 is 29.2. The van der Waals surface area contributed by atoms with E-state index >= 15 is 0 Å². The minimum atomic E-state index is -3.79. The van der Waals surface area contributed by atoms with Gasteiger partial charge in [-0.05, 0) is 55.5 Å². The van der Waals surface area contributed by atoms with Crippen LogP contribution in [0, 0.1) is 6.92 Å². The van der Waals surface area contributed by atoms with Crippen LogP contribution in [0.2, 0.25) is 0 Å². The van der Waals surface area contributed by atoms with Gasteiger partial charge in [-0.1, -0.05) is 5.21 Å². The van der Waals surface area contributed by atoms with Crippen LogP contribution in [0.25, 0.3) is 5.69 Å². The summed E-state index contributed by atoms with van der Waals surface area (Å²) >= 11 is 0. The average molecular weight is 387 g/mol. The summed E-state index contributed by atoms with van der Waals surface area (Å²) in [5, 5.41) is 15.7. The van der Waals surface area contributed by atoms with E-state index in [1.54, 1.807) is 43.0 Å². The standard InChI is InChI=1S/C17H17N5O4S/c1-11-16(20-21-22(11)13-5-7-14(26-2)8-6-13)17(23)19-12-3-9-15(10-4-12)27(18,24)25/h3-10H,1-2H3,(H,19,23)(H2,18,24,25). The van der Waals surface area contributed by atoms with Crippen LogP contribution in [-0.4, -0.2) is 36.4 Å². The molecule has 0 aliphatic carbocycles. The number of carbonyl (C=O) groups excluding carboxylic acids is 1. The highest BCUT2D eigenvalue weighted by molar-refractivity contribution is 7.89. The van der Waals surface area contributed by atoms with Crippen molar-refractivity contribution in [3.8, 4) is 11.4 Å². The molecule has 140 valence electrons. The molecule has 0 atom stereocenters. The van der Waals surface area contributed by atoms with Crippen molar-refractivity contribution in [1.29, 1.82) is 0 Å². The number of rotatable bonds is 5. The van der Waals surface area contributed by atoms with E-state index in [1.807, 2.05) is 0 Å². The Bertz CT molecular complexity index is 1070. The Morgan fingerprint density at radius 3 is 2.30 bits per heavy atom. The summed E-state index contributed by atoms with van der Waals surface area (Å²) in [6, 6.07) is 12.7. The highest BCUT2D eigenvalue weighted by Crippen LogP contribution is 2.18. The second-order valence-electron chi connectivity index (χ2n) is 5.66. The number of nitrogens with one attached hydrogen (secondary N) is 1. The van der Waals surface area contributed by atoms with Gasteiger partial charge in [-0.3, -0.25) is 4.79 Å². The van der Waals surface area contributed by atoms with Gasteiger partial charge in [0.1, 0.15) is 5.75 Å². The van der Waals surface area contributed by atoms with Gasteiger partial charge in [0.25, 0.3) is 5.91 Å². The Morgan fingerprint density at radius 2 is 1.74 bits per heavy atom. The molecule has 1 amide bonds. The largest absolute Gasteiger partial charge is 0.497 e. The van der Waals surface area contributed by atoms with Crippen LogP contribution < -0.4 is 15.2 Å². The van der Waals surface area contributed by atoms with Gasteiger partial charge in [-0.25, -0.2) is 18.2 Å². The number of hydrogen-bond acceptors (Lipinski definition) is 6. The zero-order valence-corrected chi connectivity index (χ0v) is 15.4. The predicted octanol–water partition coefficient (Wildman–Crippen LogP) is 1.48. The quantitative estimate of drug-likeness (QED) is 0.682. The van der Waals surface area contributed by atoms with Crippen molar-refractivity contribution in [2.75, 3.05) is 12.4 Å². The first-order valence-electron chi connectivity index (χ1n) is 7.80. The highest BCUT2D eigenvalue weighted by Gasteiger charge is 2.18. The number of amides is 1. The molecule has 3 rings (SSSR count). The van der Waals surface area contributed by atoms with Crippen molar-refractivity contribution in [2.24, 2.45) is 5.14 Å². The molecule has 0 unspecified atom stereocenters. The minimum Gasteiger partial charge on any atom is -0.497 e. The Labute approximate surface area is 155 Å². The van der Waals surface area contributed by atoms with Gasteiger partial charge in [0.2, 0.25) is 10.0 Å². The third kappa shape index (κ3) is 3.96. The van der Waals surface area contributed by atoms with Gasteiger partial charge in [-0.15, -0.1) is 5.10 Å². The number of primary sulfonamides is 1. The number of benzene rings is 2. The molecule has 27 heavy (non-hydrogen) atoms. The van der Waals surface area contributed by atoms with Crippen molar-refractivity contribution in [2.45, 2.75) is 11.8 Å². The van der Waals surface area contributed by atoms with Crippen LogP contribution in [0.1, 0.15) is 16.2 Å². The lowest BCUT2D eigenvalue weighted by Gasteiger charge is -2.06. The zero-order valence-electron chi connectivity index (χ0n) is 14.6. The molecule has 3 aromatic rings. The number of hydrogen-bond donors (Lipinski definition) is 2. The summed E-state index contributed by atoms with van der Waals surface area (Å²) in [4.78, 5) is 12.4. The Kier molecular flexibility index (Phi) is 4.93. The van der Waals surface area contributed by atoms with Crippen molar-refractivity contribution in [3.63, 3.8) is 0 Å². The monoisotopic (exact) mass is 387 g/mol. The lowest BCUT2D eigenvalue weighted by Crippen LogP contribution is -2.15. The molecule has 0 radical (unpaired) electrons. The molecule has 0 saturated carbocycles. The van der Waals surface area contributed by atoms with Gasteiger partial charge < -0.3 is 10.1 Å². The lowest BCUT2D eigenvalue weighted by molar-refractivity contribution is 0.102. The first-order valence-corrected chi connectivity index (χ1v) is 9.35. The summed E-state index contributed by atoms with van der Waals surface area (Å²) in [5.41, 5.74) is 1.85. The maximum Gasteiger partial charge on any atom is 0.278 e. The molecule has 2 aromatic carbocycles. The fourth-order valence-corrected chi connectivity index (χ4v) is 2.94. The van der Waals surface area contributed by atoms with E-state index in [-0.39, 0.29) is 10.6 Å². The van der Waals surface area contributed by atoms with Gasteiger partial charge in [0.05, 0.1) is 23.4 Å². The summed E-state index contributed by atoms with van der Waals surface area (Å²) in [6.07, 6.45) is 0. The molecule has 1 heterocycles. The normalized spacial score (nSPS) is 11.2. The maximum absolute atomic E-state index is 12.5. The van der Waals surface area contributed by atoms with Crippen LogP contribution in [0.5, 0.6) is 5.75 Å². The van der Waals surface area contributed by atoms with Crippen LogP contribution in [-0.2, 0) is 10.0 Å². The van der Waals surface area contributed by atoms with Crippen LogP contribution >= 0.6 is 0 Å². The van der Waals surface area contributed by atoms with Gasteiger partial charge in [-0.2, -0.15) is 0 Å². The first kappa shape index (κ1) is 18.5. The second-order valence-corrected chi connectivity index (χ2v) is 7.22. The predicted molar refractivity (Wildman–Crippen MR) is 98.4 cm³/mol. The van der Waals surface area contributed by atoms with E-state index in [0.29, 0.717) is 17.1 Å². The molecular formula is C17H17N5O4S. The molecule has 0 saturated heterocycles. The number of nitrogens with zero attached hydrogens (tertiary/aromatic N) is 3. The Balaban J connectivity index is 1.80. The van der Waals surface area contributed by atoms with Crippen LogP contribution in [0.15, 0.2) is 53.4 Å². The van der Waals surface area contributed by atoms with Gasteiger partial charge in [0, 0.05) is 5.69 Å². The van der Waals surface area contributed by atoms with Crippen molar-refractivity contribution in [3.05, 3.63) is 59.9 Å². The fourth-order valence-electron chi connectivity index (χ4n) is 2.43. The van der Waals surface area contributed by atoms with E-state index in [9.17, 15) is 13.2 Å². The molecule has 0 aliphatic rings. The molecule has 0 bridgehead atoms. The Morgan fingerprint density at radius 1 is 1.11 bits per heavy atom. The molecule has 0 spiro atoms. The summed E-state index contributed by atoms with van der Waals surface area (Å²) in [5.74, 6) is 0.244. The number of nitrogens with two attached hydrogens (primary N) is 1. The molecule has 0 aliphatic heterocycles. The molecular weight excluding hydrogens is 370 g/mol. The highest BCUT2D eigenvalue weighted by atomic mass is 32.2. The number of anilines is 1. The number of methoxy groups -OCH3 is 1. The van der Waals surface area contributed by atoms with E-state index in [2.05, 4.69) is 15.6 Å². The fraction of sp³-hybridized carbons (Fsp3) is 0.118. The van der Waals surface area contributed by atoms with Crippen molar-refractivity contribution in [1.82, 2.24) is 15.0 Å². The summed E-state index contributed by atoms with van der Waals surface area (Å²) in [6.45, 7) is 1.73. The van der Waals surface area contributed by atoms with Crippen LogP contribution in [0.3, 0.4) is 0 Å². The zero-order chi connectivity index (χ0) is 19.6. The molecule has 1 aromatic heterocycles. The number of ether oxygens (including phenoxy) is 1. The Hall–Kier alpha value is -3.24. The third-order valence-electron chi connectivity index (χ3n) is 3.87. The number of aromatic nitrogens is 3. The smallest absolute Gasteiger partial charge is 0.278 e. The minimum absolute atomic E-state index is 0.0397. The van der Waals surface area contributed by atoms with Gasteiger partial charge >= 0.3 is 0 Å². The topological polar surface area (TPSA) is 129 Å². The number of sulfonamides is 1. The SMILES string of the molecule is COc1ccc(-n2nnc(C(=O)Nc3ccc(S(N)(=O)=O)cc3)c2C)cc1. The number of carbonyl (C=O) groups is 1. The van der Waals surface area contributed by atoms with Crippen molar-refractivity contribution < 1.29 is 17.9 Å². The van der Waals surface area contributed by atoms with E-state index in [1.165, 1.54) is 24.3 Å². The third-order valence-corrected chi connectivity index (χ3v) is 4.80. The molecule has 10 heteroatoms. The molecule has 0 fully saturated rings. The first-order chi connectivity index (χ1) is 12.8. The molecule has 3 N–H and O–H groups in total. The van der Waals surface area contributed by atoms with Crippen molar-refractivity contribution >= 4 is 21.6 Å². The van der Waals surface area contributed by atoms with Crippen LogP contribution in [0.4, 0.5) is 5.69 Å².